The zero-order valence-corrected chi connectivity index (χ0v) is 9.76. The summed E-state index contributed by atoms with van der Waals surface area (Å²) in [4.78, 5) is 0. The number of hydrogen-bond donors (Lipinski definition) is 1. The van der Waals surface area contributed by atoms with E-state index >= 15 is 0 Å². The van der Waals surface area contributed by atoms with Crippen LogP contribution in [0.3, 0.4) is 0 Å². The van der Waals surface area contributed by atoms with Crippen molar-refractivity contribution in [1.82, 2.24) is 0 Å². The first-order valence-corrected chi connectivity index (χ1v) is 6.46. The van der Waals surface area contributed by atoms with Crippen LogP contribution in [0.1, 0.15) is 34.1 Å². The van der Waals surface area contributed by atoms with E-state index in [1.807, 2.05) is 13.8 Å². The van der Waals surface area contributed by atoms with Crippen LogP contribution in [-0.4, -0.2) is 25.5 Å². The molecule has 0 radical (unpaired) electrons. The molecule has 0 bridgehead atoms. The predicted octanol–water partition coefficient (Wildman–Crippen LogP) is 1.18. The summed E-state index contributed by atoms with van der Waals surface area (Å²) in [6.07, 6.45) is 0.568. The van der Waals surface area contributed by atoms with Crippen molar-refractivity contribution in [3.05, 3.63) is 0 Å². The van der Waals surface area contributed by atoms with E-state index in [9.17, 15) is 8.42 Å². The summed E-state index contributed by atoms with van der Waals surface area (Å²) >= 11 is 0. The number of rotatable bonds is 5. The second-order valence-electron chi connectivity index (χ2n) is 4.11. The van der Waals surface area contributed by atoms with E-state index < -0.39 is 9.84 Å². The molecule has 0 heterocycles. The van der Waals surface area contributed by atoms with Crippen LogP contribution in [0.15, 0.2) is 0 Å². The van der Waals surface area contributed by atoms with Crippen LogP contribution >= 0.6 is 0 Å². The molecule has 0 saturated carbocycles. The van der Waals surface area contributed by atoms with Crippen molar-refractivity contribution in [3.8, 4) is 0 Å². The maximum Gasteiger partial charge on any atom is 0.152 e. The Bertz CT molecular complexity index is 232. The summed E-state index contributed by atoms with van der Waals surface area (Å²) in [5, 5.41) is -0.285. The molecule has 0 amide bonds. The summed E-state index contributed by atoms with van der Waals surface area (Å²) in [5.41, 5.74) is 5.76. The number of hydrogen-bond acceptors (Lipinski definition) is 3. The summed E-state index contributed by atoms with van der Waals surface area (Å²) < 4.78 is 22.8. The molecule has 0 fully saturated rings. The van der Waals surface area contributed by atoms with E-state index in [1.54, 1.807) is 13.8 Å². The van der Waals surface area contributed by atoms with Crippen molar-refractivity contribution in [2.75, 3.05) is 5.75 Å². The molecule has 0 saturated heterocycles. The molecule has 0 aliphatic heterocycles. The topological polar surface area (TPSA) is 60.2 Å². The van der Waals surface area contributed by atoms with Crippen LogP contribution in [0.2, 0.25) is 0 Å². The maximum atomic E-state index is 11.4. The van der Waals surface area contributed by atoms with Crippen LogP contribution in [0.5, 0.6) is 0 Å². The highest BCUT2D eigenvalue weighted by atomic mass is 32.2. The van der Waals surface area contributed by atoms with Gasteiger partial charge < -0.3 is 5.73 Å². The largest absolute Gasteiger partial charge is 0.327 e. The fourth-order valence-electron chi connectivity index (χ4n) is 0.869. The number of nitrogens with two attached hydrogens (primary N) is 1. The highest BCUT2D eigenvalue weighted by molar-refractivity contribution is 7.91. The molecule has 0 aromatic heterocycles. The summed E-state index contributed by atoms with van der Waals surface area (Å²) in [5.74, 6) is 0.562. The molecule has 0 rings (SSSR count). The van der Waals surface area contributed by atoms with Gasteiger partial charge in [0.1, 0.15) is 0 Å². The molecule has 0 aliphatic rings. The SMILES string of the molecule is CC(C)C(N)CCS(=O)(=O)C(C)C. The van der Waals surface area contributed by atoms with E-state index in [1.165, 1.54) is 0 Å². The summed E-state index contributed by atoms with van der Waals surface area (Å²) in [6.45, 7) is 7.42. The molecule has 0 spiro atoms. The third-order valence-corrected chi connectivity index (χ3v) is 4.55. The quantitative estimate of drug-likeness (QED) is 0.736. The Labute approximate surface area is 81.6 Å². The number of sulfone groups is 1. The monoisotopic (exact) mass is 207 g/mol. The van der Waals surface area contributed by atoms with Gasteiger partial charge in [-0.3, -0.25) is 0 Å². The van der Waals surface area contributed by atoms with Crippen molar-refractivity contribution in [3.63, 3.8) is 0 Å². The average Bonchev–Trinajstić information content (AvgIpc) is 1.99. The zero-order valence-electron chi connectivity index (χ0n) is 8.95. The predicted molar refractivity (Wildman–Crippen MR) is 56.4 cm³/mol. The lowest BCUT2D eigenvalue weighted by Crippen LogP contribution is -2.30. The van der Waals surface area contributed by atoms with E-state index in [0.29, 0.717) is 12.3 Å². The van der Waals surface area contributed by atoms with Crippen molar-refractivity contribution in [1.29, 1.82) is 0 Å². The summed E-state index contributed by atoms with van der Waals surface area (Å²) in [6, 6.07) is -0.00600. The molecular weight excluding hydrogens is 186 g/mol. The molecule has 4 heteroatoms. The van der Waals surface area contributed by atoms with Crippen LogP contribution in [-0.2, 0) is 9.84 Å². The van der Waals surface area contributed by atoms with Crippen molar-refractivity contribution < 1.29 is 8.42 Å². The first-order chi connectivity index (χ1) is 5.77. The standard InChI is InChI=1S/C9H21NO2S/c1-7(2)9(10)5-6-13(11,12)8(3)4/h7-9H,5-6,10H2,1-4H3. The Morgan fingerprint density at radius 1 is 1.15 bits per heavy atom. The van der Waals surface area contributed by atoms with Gasteiger partial charge in [-0.05, 0) is 26.2 Å². The Kier molecular flexibility index (Phi) is 4.92. The average molecular weight is 207 g/mol. The Morgan fingerprint density at radius 2 is 1.62 bits per heavy atom. The van der Waals surface area contributed by atoms with E-state index in [-0.39, 0.29) is 17.0 Å². The molecule has 0 aliphatic carbocycles. The van der Waals surface area contributed by atoms with Gasteiger partial charge in [0.2, 0.25) is 0 Å². The zero-order chi connectivity index (χ0) is 10.6. The van der Waals surface area contributed by atoms with Gasteiger partial charge in [0.05, 0.1) is 11.0 Å². The molecule has 0 aromatic rings. The second kappa shape index (κ2) is 4.96. The molecule has 2 N–H and O–H groups in total. The third-order valence-electron chi connectivity index (χ3n) is 2.31. The molecule has 13 heavy (non-hydrogen) atoms. The van der Waals surface area contributed by atoms with Crippen molar-refractivity contribution in [2.24, 2.45) is 11.7 Å². The first kappa shape index (κ1) is 12.9. The van der Waals surface area contributed by atoms with Gasteiger partial charge >= 0.3 is 0 Å². The van der Waals surface area contributed by atoms with Gasteiger partial charge in [-0.15, -0.1) is 0 Å². The van der Waals surface area contributed by atoms with E-state index in [0.717, 1.165) is 0 Å². The Balaban J connectivity index is 4.04. The Morgan fingerprint density at radius 3 is 1.92 bits per heavy atom. The molecule has 80 valence electrons. The normalized spacial score (nSPS) is 15.3. The fraction of sp³-hybridized carbons (Fsp3) is 1.00. The lowest BCUT2D eigenvalue weighted by Gasteiger charge is -2.16. The van der Waals surface area contributed by atoms with Gasteiger partial charge in [0.25, 0.3) is 0 Å². The fourth-order valence-corrected chi connectivity index (χ4v) is 1.94. The highest BCUT2D eigenvalue weighted by Crippen LogP contribution is 2.08. The second-order valence-corrected chi connectivity index (χ2v) is 6.79. The molecule has 3 nitrogen and oxygen atoms in total. The highest BCUT2D eigenvalue weighted by Gasteiger charge is 2.18. The van der Waals surface area contributed by atoms with Crippen LogP contribution in [0.4, 0.5) is 0 Å². The van der Waals surface area contributed by atoms with Gasteiger partial charge in [0, 0.05) is 6.04 Å². The van der Waals surface area contributed by atoms with Crippen molar-refractivity contribution in [2.45, 2.75) is 45.4 Å². The molecular formula is C9H21NO2S. The minimum atomic E-state index is -2.91. The van der Waals surface area contributed by atoms with E-state index in [4.69, 9.17) is 5.73 Å². The molecule has 1 atom stereocenters. The van der Waals surface area contributed by atoms with Gasteiger partial charge in [-0.1, -0.05) is 13.8 Å². The maximum absolute atomic E-state index is 11.4. The third kappa shape index (κ3) is 4.62. The molecule has 0 aromatic carbocycles. The first-order valence-electron chi connectivity index (χ1n) is 4.74. The van der Waals surface area contributed by atoms with Gasteiger partial charge in [-0.25, -0.2) is 8.42 Å². The van der Waals surface area contributed by atoms with Crippen molar-refractivity contribution >= 4 is 9.84 Å². The molecule has 1 unspecified atom stereocenters. The smallest absolute Gasteiger partial charge is 0.152 e. The minimum Gasteiger partial charge on any atom is -0.327 e. The van der Waals surface area contributed by atoms with Crippen LogP contribution < -0.4 is 5.73 Å². The van der Waals surface area contributed by atoms with E-state index in [2.05, 4.69) is 0 Å². The van der Waals surface area contributed by atoms with Gasteiger partial charge in [0.15, 0.2) is 9.84 Å². The summed E-state index contributed by atoms with van der Waals surface area (Å²) in [7, 11) is -2.91. The van der Waals surface area contributed by atoms with Crippen LogP contribution in [0, 0.1) is 5.92 Å². The Hall–Kier alpha value is -0.0900. The van der Waals surface area contributed by atoms with Crippen LogP contribution in [0.25, 0.3) is 0 Å². The minimum absolute atomic E-state index is 0.00600. The lowest BCUT2D eigenvalue weighted by atomic mass is 10.0. The lowest BCUT2D eigenvalue weighted by molar-refractivity contribution is 0.477. The van der Waals surface area contributed by atoms with Gasteiger partial charge in [-0.2, -0.15) is 0 Å².